The molecule has 0 spiro atoms. The van der Waals surface area contributed by atoms with E-state index >= 15 is 0 Å². The van der Waals surface area contributed by atoms with Crippen LogP contribution in [0.3, 0.4) is 0 Å². The molecule has 0 amide bonds. The number of carboxylic acids is 1. The fourth-order valence-corrected chi connectivity index (χ4v) is 4.05. The van der Waals surface area contributed by atoms with Crippen molar-refractivity contribution in [3.8, 4) is 5.75 Å². The predicted octanol–water partition coefficient (Wildman–Crippen LogP) is 1.90. The van der Waals surface area contributed by atoms with Crippen molar-refractivity contribution in [2.24, 2.45) is 5.92 Å². The number of anilines is 3. The highest BCUT2D eigenvalue weighted by Crippen LogP contribution is 2.29. The number of nitrogens with zero attached hydrogens (tertiary/aromatic N) is 6. The lowest BCUT2D eigenvalue weighted by Gasteiger charge is -2.37. The number of carbonyl (C=O) groups is 1. The second-order valence-corrected chi connectivity index (χ2v) is 7.56. The summed E-state index contributed by atoms with van der Waals surface area (Å²) in [5.41, 5.74) is 1.12. The molecule has 0 atom stereocenters. The summed E-state index contributed by atoms with van der Waals surface area (Å²) in [7, 11) is 0. The molecule has 0 saturated carbocycles. The van der Waals surface area contributed by atoms with Gasteiger partial charge in [0.1, 0.15) is 12.1 Å². The Bertz CT molecular complexity index is 863. The third-order valence-corrected chi connectivity index (χ3v) is 5.74. The monoisotopic (exact) mass is 412 g/mol. The van der Waals surface area contributed by atoms with Crippen molar-refractivity contribution in [1.82, 2.24) is 15.0 Å². The quantitative estimate of drug-likeness (QED) is 0.763. The van der Waals surface area contributed by atoms with Gasteiger partial charge in [-0.3, -0.25) is 4.79 Å². The van der Waals surface area contributed by atoms with Crippen LogP contribution in [0.4, 0.5) is 17.6 Å². The number of aliphatic carboxylic acids is 1. The van der Waals surface area contributed by atoms with Gasteiger partial charge in [0.05, 0.1) is 18.2 Å². The average Bonchev–Trinajstić information content (AvgIpc) is 2.80. The highest BCUT2D eigenvalue weighted by atomic mass is 16.5. The number of aromatic nitrogens is 3. The van der Waals surface area contributed by atoms with Crippen LogP contribution in [0.15, 0.2) is 30.6 Å². The number of hydrogen-bond acceptors (Lipinski definition) is 8. The Kier molecular flexibility index (Phi) is 6.15. The predicted molar refractivity (Wildman–Crippen MR) is 114 cm³/mol. The van der Waals surface area contributed by atoms with E-state index < -0.39 is 5.97 Å². The minimum Gasteiger partial charge on any atom is -0.492 e. The number of para-hydroxylation sites is 2. The van der Waals surface area contributed by atoms with E-state index in [0.29, 0.717) is 44.4 Å². The maximum Gasteiger partial charge on any atom is 0.306 e. The number of piperidine rings is 1. The minimum atomic E-state index is -0.713. The fraction of sp³-hybridized carbons (Fsp3) is 0.524. The number of rotatable bonds is 6. The van der Waals surface area contributed by atoms with Crippen molar-refractivity contribution in [2.45, 2.75) is 19.8 Å². The van der Waals surface area contributed by atoms with Crippen molar-refractivity contribution in [1.29, 1.82) is 0 Å². The maximum absolute atomic E-state index is 11.2. The molecule has 2 aromatic rings. The summed E-state index contributed by atoms with van der Waals surface area (Å²) in [6.07, 6.45) is 2.79. The van der Waals surface area contributed by atoms with Crippen molar-refractivity contribution < 1.29 is 14.6 Å². The highest BCUT2D eigenvalue weighted by Gasteiger charge is 2.27. The molecule has 0 aliphatic carbocycles. The molecule has 0 unspecified atom stereocenters. The molecule has 3 heterocycles. The standard InChI is InChI=1S/C21H28N6O3/c1-2-30-18-6-4-3-5-17(18)25-11-13-27(14-12-25)21-23-15-22-20(24-21)26-9-7-16(8-10-26)19(28)29/h3-6,15-16H,2,7-14H2,1H3,(H,28,29). The minimum absolute atomic E-state index is 0.268. The van der Waals surface area contributed by atoms with Gasteiger partial charge in [0.25, 0.3) is 0 Å². The van der Waals surface area contributed by atoms with Crippen LogP contribution in [0, 0.1) is 5.92 Å². The van der Waals surface area contributed by atoms with Crippen molar-refractivity contribution in [2.75, 3.05) is 60.6 Å². The lowest BCUT2D eigenvalue weighted by atomic mass is 9.97. The molecule has 9 heteroatoms. The average molecular weight is 412 g/mol. The first-order valence-electron chi connectivity index (χ1n) is 10.5. The fourth-order valence-electron chi connectivity index (χ4n) is 4.05. The van der Waals surface area contributed by atoms with E-state index in [1.807, 2.05) is 25.1 Å². The zero-order valence-corrected chi connectivity index (χ0v) is 17.3. The summed E-state index contributed by atoms with van der Waals surface area (Å²) in [5.74, 6) is 1.25. The Morgan fingerprint density at radius 1 is 1.00 bits per heavy atom. The highest BCUT2D eigenvalue weighted by molar-refractivity contribution is 5.70. The van der Waals surface area contributed by atoms with Gasteiger partial charge >= 0.3 is 5.97 Å². The van der Waals surface area contributed by atoms with Gasteiger partial charge in [-0.1, -0.05) is 12.1 Å². The van der Waals surface area contributed by atoms with Gasteiger partial charge in [-0.05, 0) is 31.9 Å². The molecular formula is C21H28N6O3. The first-order chi connectivity index (χ1) is 14.7. The molecule has 2 fully saturated rings. The normalized spacial score (nSPS) is 17.8. The Morgan fingerprint density at radius 2 is 1.60 bits per heavy atom. The molecule has 2 aliphatic heterocycles. The molecule has 160 valence electrons. The van der Waals surface area contributed by atoms with Crippen LogP contribution in [-0.4, -0.2) is 71.9 Å². The molecule has 1 aromatic carbocycles. The second-order valence-electron chi connectivity index (χ2n) is 7.56. The van der Waals surface area contributed by atoms with Gasteiger partial charge in [0, 0.05) is 39.3 Å². The van der Waals surface area contributed by atoms with Gasteiger partial charge in [-0.25, -0.2) is 9.97 Å². The van der Waals surface area contributed by atoms with E-state index in [1.54, 1.807) is 6.33 Å². The van der Waals surface area contributed by atoms with Gasteiger partial charge in [-0.15, -0.1) is 0 Å². The van der Waals surface area contributed by atoms with Crippen LogP contribution >= 0.6 is 0 Å². The molecule has 0 bridgehead atoms. The van der Waals surface area contributed by atoms with Crippen molar-refractivity contribution in [3.63, 3.8) is 0 Å². The van der Waals surface area contributed by atoms with Crippen LogP contribution in [0.2, 0.25) is 0 Å². The number of benzene rings is 1. The molecule has 0 radical (unpaired) electrons. The number of ether oxygens (including phenoxy) is 1. The molecule has 1 aromatic heterocycles. The van der Waals surface area contributed by atoms with Crippen LogP contribution in [-0.2, 0) is 4.79 Å². The van der Waals surface area contributed by atoms with Crippen LogP contribution in [0.1, 0.15) is 19.8 Å². The third kappa shape index (κ3) is 4.39. The Labute approximate surface area is 176 Å². The molecule has 2 aliphatic rings. The molecule has 2 saturated heterocycles. The summed E-state index contributed by atoms with van der Waals surface area (Å²) in [5, 5.41) is 9.18. The summed E-state index contributed by atoms with van der Waals surface area (Å²) >= 11 is 0. The second kappa shape index (κ2) is 9.15. The van der Waals surface area contributed by atoms with Gasteiger partial charge in [0.15, 0.2) is 0 Å². The van der Waals surface area contributed by atoms with Crippen LogP contribution in [0.25, 0.3) is 0 Å². The molecule has 1 N–H and O–H groups in total. The Balaban J connectivity index is 1.39. The van der Waals surface area contributed by atoms with Gasteiger partial charge < -0.3 is 24.5 Å². The maximum atomic E-state index is 11.2. The summed E-state index contributed by atoms with van der Waals surface area (Å²) < 4.78 is 5.78. The van der Waals surface area contributed by atoms with E-state index in [4.69, 9.17) is 4.74 Å². The van der Waals surface area contributed by atoms with Gasteiger partial charge in [0.2, 0.25) is 11.9 Å². The van der Waals surface area contributed by atoms with E-state index in [2.05, 4.69) is 35.7 Å². The lowest BCUT2D eigenvalue weighted by molar-refractivity contribution is -0.142. The first kappa shape index (κ1) is 20.2. The molecule has 9 nitrogen and oxygen atoms in total. The van der Waals surface area contributed by atoms with Crippen LogP contribution in [0.5, 0.6) is 5.75 Å². The molecule has 4 rings (SSSR count). The zero-order chi connectivity index (χ0) is 20.9. The van der Waals surface area contributed by atoms with Crippen molar-refractivity contribution in [3.05, 3.63) is 30.6 Å². The number of hydrogen-bond donors (Lipinski definition) is 1. The summed E-state index contributed by atoms with van der Waals surface area (Å²) in [6, 6.07) is 8.14. The van der Waals surface area contributed by atoms with E-state index in [9.17, 15) is 9.90 Å². The molecular weight excluding hydrogens is 384 g/mol. The number of piperazine rings is 1. The molecule has 30 heavy (non-hydrogen) atoms. The van der Waals surface area contributed by atoms with Gasteiger partial charge in [-0.2, -0.15) is 4.98 Å². The van der Waals surface area contributed by atoms with E-state index in [1.165, 1.54) is 0 Å². The Hall–Kier alpha value is -3.10. The SMILES string of the molecule is CCOc1ccccc1N1CCN(c2ncnc(N3CCC(C(=O)O)CC3)n2)CC1. The Morgan fingerprint density at radius 3 is 2.23 bits per heavy atom. The largest absolute Gasteiger partial charge is 0.492 e. The van der Waals surface area contributed by atoms with Crippen molar-refractivity contribution >= 4 is 23.6 Å². The zero-order valence-electron chi connectivity index (χ0n) is 17.3. The lowest BCUT2D eigenvalue weighted by Crippen LogP contribution is -2.47. The summed E-state index contributed by atoms with van der Waals surface area (Å²) in [6.45, 7) is 7.29. The smallest absolute Gasteiger partial charge is 0.306 e. The van der Waals surface area contributed by atoms with Crippen LogP contribution < -0.4 is 19.4 Å². The summed E-state index contributed by atoms with van der Waals surface area (Å²) in [4.78, 5) is 31.1. The van der Waals surface area contributed by atoms with E-state index in [0.717, 1.165) is 37.6 Å². The topological polar surface area (TPSA) is 94.9 Å². The number of carboxylic acid groups (broad SMARTS) is 1. The van der Waals surface area contributed by atoms with E-state index in [-0.39, 0.29) is 5.92 Å². The third-order valence-electron chi connectivity index (χ3n) is 5.74. The first-order valence-corrected chi connectivity index (χ1v) is 10.5.